The Bertz CT molecular complexity index is 1090. The van der Waals surface area contributed by atoms with Crippen molar-refractivity contribution < 1.29 is 26.7 Å². The summed E-state index contributed by atoms with van der Waals surface area (Å²) in [5.74, 6) is -4.56. The van der Waals surface area contributed by atoms with E-state index in [4.69, 9.17) is 5.73 Å². The SMILES string of the molecule is CN=CC(=C(N)C(=O)N1CC(F)(F)C[C@@H](C)C1CNc1cnc(C(F)(F)F)cn1)c1ccccc1. The van der Waals surface area contributed by atoms with E-state index in [9.17, 15) is 26.7 Å². The summed E-state index contributed by atoms with van der Waals surface area (Å²) in [6, 6.07) is 7.96. The van der Waals surface area contributed by atoms with Crippen LogP contribution in [0, 0.1) is 5.92 Å². The highest BCUT2D eigenvalue weighted by atomic mass is 19.4. The summed E-state index contributed by atoms with van der Waals surface area (Å²) < 4.78 is 67.1. The maximum absolute atomic E-state index is 14.5. The van der Waals surface area contributed by atoms with Crippen LogP contribution in [0.1, 0.15) is 24.6 Å². The molecular weight excluding hydrogens is 471 g/mol. The van der Waals surface area contributed by atoms with Crippen molar-refractivity contribution in [3.8, 4) is 0 Å². The van der Waals surface area contributed by atoms with Gasteiger partial charge in [-0.05, 0) is 11.5 Å². The Balaban J connectivity index is 1.88. The number of likely N-dealkylation sites (tertiary alicyclic amines) is 1. The third-order valence-corrected chi connectivity index (χ3v) is 5.64. The number of aliphatic imine (C=N–C) groups is 1. The smallest absolute Gasteiger partial charge is 0.394 e. The molecule has 0 aliphatic carbocycles. The first kappa shape index (κ1) is 26.0. The first-order valence-corrected chi connectivity index (χ1v) is 10.7. The van der Waals surface area contributed by atoms with Crippen LogP contribution >= 0.6 is 0 Å². The number of amides is 1. The van der Waals surface area contributed by atoms with E-state index in [1.54, 1.807) is 37.3 Å². The highest BCUT2D eigenvalue weighted by Crippen LogP contribution is 2.35. The number of nitrogens with one attached hydrogen (secondary N) is 1. The van der Waals surface area contributed by atoms with E-state index >= 15 is 0 Å². The van der Waals surface area contributed by atoms with Crippen molar-refractivity contribution in [3.63, 3.8) is 0 Å². The molecule has 1 saturated heterocycles. The maximum atomic E-state index is 14.5. The lowest BCUT2D eigenvalue weighted by Gasteiger charge is -2.43. The van der Waals surface area contributed by atoms with E-state index in [1.807, 2.05) is 0 Å². The van der Waals surface area contributed by atoms with Gasteiger partial charge < -0.3 is 16.0 Å². The largest absolute Gasteiger partial charge is 0.434 e. The number of rotatable bonds is 6. The topological polar surface area (TPSA) is 96.5 Å². The number of benzene rings is 1. The number of carbonyl (C=O) groups excluding carboxylic acids is 1. The molecule has 188 valence electrons. The van der Waals surface area contributed by atoms with Gasteiger partial charge in [0.2, 0.25) is 0 Å². The van der Waals surface area contributed by atoms with Gasteiger partial charge in [0.1, 0.15) is 11.5 Å². The predicted octanol–water partition coefficient (Wildman–Crippen LogP) is 3.85. The molecule has 2 heterocycles. The zero-order valence-corrected chi connectivity index (χ0v) is 19.1. The number of alkyl halides is 5. The molecule has 0 spiro atoms. The normalized spacial score (nSPS) is 21.1. The van der Waals surface area contributed by atoms with Crippen LogP contribution in [0.15, 0.2) is 53.4 Å². The maximum Gasteiger partial charge on any atom is 0.434 e. The minimum absolute atomic E-state index is 0.0153. The van der Waals surface area contributed by atoms with Crippen LogP contribution in [-0.4, -0.2) is 59.1 Å². The summed E-state index contributed by atoms with van der Waals surface area (Å²) in [4.78, 5) is 25.3. The summed E-state index contributed by atoms with van der Waals surface area (Å²) in [5.41, 5.74) is 5.66. The van der Waals surface area contributed by atoms with E-state index in [0.717, 1.165) is 11.1 Å². The van der Waals surface area contributed by atoms with E-state index < -0.39 is 48.6 Å². The second-order valence-corrected chi connectivity index (χ2v) is 8.28. The van der Waals surface area contributed by atoms with E-state index in [-0.39, 0.29) is 18.1 Å². The highest BCUT2D eigenvalue weighted by Gasteiger charge is 2.46. The molecular formula is C23H25F5N6O. The summed E-state index contributed by atoms with van der Waals surface area (Å²) in [5, 5.41) is 2.80. The number of anilines is 1. The van der Waals surface area contributed by atoms with Gasteiger partial charge in [-0.15, -0.1) is 0 Å². The van der Waals surface area contributed by atoms with Gasteiger partial charge in [-0.25, -0.2) is 18.7 Å². The fourth-order valence-corrected chi connectivity index (χ4v) is 3.97. The lowest BCUT2D eigenvalue weighted by Crippen LogP contribution is -2.58. The molecule has 12 heteroatoms. The fourth-order valence-electron chi connectivity index (χ4n) is 3.97. The molecule has 0 radical (unpaired) electrons. The Labute approximate surface area is 199 Å². The molecule has 1 amide bonds. The van der Waals surface area contributed by atoms with Gasteiger partial charge in [-0.3, -0.25) is 9.79 Å². The molecule has 1 aromatic carbocycles. The standard InChI is InChI=1S/C23H25F5N6O/c1-14-8-22(24,25)13-34(17(14)10-32-19-12-31-18(11-33-19)23(26,27)28)21(35)20(29)16(9-30-2)15-6-4-3-5-7-15/h3-7,9,11-12,14,17H,8,10,13,29H2,1-2H3,(H,32,33)/t14-,17?/m1/s1. The Morgan fingerprint density at radius 2 is 1.94 bits per heavy atom. The molecule has 1 aliphatic heterocycles. The van der Waals surface area contributed by atoms with Gasteiger partial charge in [-0.1, -0.05) is 37.3 Å². The van der Waals surface area contributed by atoms with Crippen LogP contribution in [-0.2, 0) is 11.0 Å². The van der Waals surface area contributed by atoms with Gasteiger partial charge in [0.05, 0.1) is 25.0 Å². The molecule has 35 heavy (non-hydrogen) atoms. The first-order chi connectivity index (χ1) is 16.4. The Morgan fingerprint density at radius 1 is 1.26 bits per heavy atom. The number of hydrogen-bond acceptors (Lipinski definition) is 6. The molecule has 3 N–H and O–H groups in total. The first-order valence-electron chi connectivity index (χ1n) is 10.7. The lowest BCUT2D eigenvalue weighted by atomic mass is 9.88. The van der Waals surface area contributed by atoms with Crippen molar-refractivity contribution in [2.75, 3.05) is 25.5 Å². The average Bonchev–Trinajstić information content (AvgIpc) is 2.80. The molecule has 1 aromatic heterocycles. The quantitative estimate of drug-likeness (QED) is 0.360. The second-order valence-electron chi connectivity index (χ2n) is 8.28. The van der Waals surface area contributed by atoms with Crippen LogP contribution in [0.3, 0.4) is 0 Å². The number of aromatic nitrogens is 2. The number of halogens is 5. The van der Waals surface area contributed by atoms with E-state index in [1.165, 1.54) is 13.3 Å². The molecule has 2 atom stereocenters. The lowest BCUT2D eigenvalue weighted by molar-refractivity contribution is -0.148. The minimum Gasteiger partial charge on any atom is -0.394 e. The van der Waals surface area contributed by atoms with Crippen LogP contribution in [0.4, 0.5) is 27.8 Å². The van der Waals surface area contributed by atoms with Crippen LogP contribution < -0.4 is 11.1 Å². The molecule has 7 nitrogen and oxygen atoms in total. The molecule has 1 fully saturated rings. The van der Waals surface area contributed by atoms with Gasteiger partial charge in [0.25, 0.3) is 11.8 Å². The zero-order chi connectivity index (χ0) is 25.8. The van der Waals surface area contributed by atoms with Crippen molar-refractivity contribution in [2.45, 2.75) is 31.5 Å². The van der Waals surface area contributed by atoms with Gasteiger partial charge >= 0.3 is 6.18 Å². The Morgan fingerprint density at radius 3 is 2.51 bits per heavy atom. The number of nitrogens with two attached hydrogens (primary N) is 1. The van der Waals surface area contributed by atoms with E-state index in [2.05, 4.69) is 20.3 Å². The van der Waals surface area contributed by atoms with Crippen molar-refractivity contribution in [1.82, 2.24) is 14.9 Å². The van der Waals surface area contributed by atoms with Crippen LogP contribution in [0.5, 0.6) is 0 Å². The number of hydrogen-bond donors (Lipinski definition) is 2. The summed E-state index contributed by atoms with van der Waals surface area (Å²) in [7, 11) is 1.50. The number of carbonyl (C=O) groups is 1. The minimum atomic E-state index is -4.64. The van der Waals surface area contributed by atoms with Gasteiger partial charge in [-0.2, -0.15) is 13.2 Å². The van der Waals surface area contributed by atoms with Crippen molar-refractivity contribution in [2.24, 2.45) is 16.6 Å². The second kappa shape index (κ2) is 10.4. The van der Waals surface area contributed by atoms with Gasteiger partial charge in [0.15, 0.2) is 5.69 Å². The predicted molar refractivity (Wildman–Crippen MR) is 122 cm³/mol. The molecule has 0 saturated carbocycles. The summed E-state index contributed by atoms with van der Waals surface area (Å²) in [6.45, 7) is 0.676. The third-order valence-electron chi connectivity index (χ3n) is 5.64. The van der Waals surface area contributed by atoms with Crippen molar-refractivity contribution in [1.29, 1.82) is 0 Å². The van der Waals surface area contributed by atoms with Crippen molar-refractivity contribution in [3.05, 3.63) is 59.7 Å². The Kier molecular flexibility index (Phi) is 7.71. The summed E-state index contributed by atoms with van der Waals surface area (Å²) >= 11 is 0. The molecule has 3 rings (SSSR count). The average molecular weight is 496 g/mol. The zero-order valence-electron chi connectivity index (χ0n) is 19.1. The van der Waals surface area contributed by atoms with E-state index in [0.29, 0.717) is 17.3 Å². The highest BCUT2D eigenvalue weighted by molar-refractivity contribution is 6.18. The van der Waals surface area contributed by atoms with Gasteiger partial charge in [0, 0.05) is 31.8 Å². The monoisotopic (exact) mass is 496 g/mol. The Hall–Kier alpha value is -3.57. The number of nitrogens with zero attached hydrogens (tertiary/aromatic N) is 4. The van der Waals surface area contributed by atoms with Crippen molar-refractivity contribution >= 4 is 23.5 Å². The third kappa shape index (κ3) is 6.31. The number of piperidine rings is 1. The molecule has 0 bridgehead atoms. The molecule has 2 aromatic rings. The number of allylic oxidation sites excluding steroid dienone is 1. The van der Waals surface area contributed by atoms with Crippen LogP contribution in [0.25, 0.3) is 5.57 Å². The molecule has 1 unspecified atom stereocenters. The fraction of sp³-hybridized carbons (Fsp3) is 0.391. The molecule has 1 aliphatic rings. The summed E-state index contributed by atoms with van der Waals surface area (Å²) in [6.07, 6.45) is -2.25. The van der Waals surface area contributed by atoms with Crippen LogP contribution in [0.2, 0.25) is 0 Å².